The van der Waals surface area contributed by atoms with Crippen molar-refractivity contribution < 1.29 is 9.90 Å². The summed E-state index contributed by atoms with van der Waals surface area (Å²) in [6.45, 7) is 4.54. The van der Waals surface area contributed by atoms with E-state index in [4.69, 9.17) is 11.6 Å². The number of fused-ring (bicyclic) bond motifs is 1. The Morgan fingerprint density at radius 3 is 2.41 bits per heavy atom. The van der Waals surface area contributed by atoms with Crippen LogP contribution in [-0.4, -0.2) is 31.0 Å². The third kappa shape index (κ3) is 5.10. The van der Waals surface area contributed by atoms with E-state index in [-0.39, 0.29) is 5.56 Å². The number of hydrogen-bond acceptors (Lipinski definition) is 4. The van der Waals surface area contributed by atoms with E-state index in [1.165, 1.54) is 58.6 Å². The Kier molecular flexibility index (Phi) is 6.53. The largest absolute Gasteiger partial charge is 0.545 e. The molecular formula is C22H23ClNO2S-. The van der Waals surface area contributed by atoms with Gasteiger partial charge in [-0.3, -0.25) is 0 Å². The molecule has 0 atom stereocenters. The lowest BCUT2D eigenvalue weighted by Crippen LogP contribution is -2.28. The van der Waals surface area contributed by atoms with Crippen LogP contribution in [0.25, 0.3) is 10.1 Å². The van der Waals surface area contributed by atoms with Crippen molar-refractivity contribution in [2.45, 2.75) is 25.7 Å². The molecule has 0 amide bonds. The fraction of sp³-hybridized carbons (Fsp3) is 0.318. The monoisotopic (exact) mass is 400 g/mol. The number of piperidine rings is 1. The van der Waals surface area contributed by atoms with E-state index < -0.39 is 5.97 Å². The maximum absolute atomic E-state index is 10.1. The van der Waals surface area contributed by atoms with Crippen LogP contribution in [0, 0.1) is 6.92 Å². The van der Waals surface area contributed by atoms with E-state index in [9.17, 15) is 9.90 Å². The van der Waals surface area contributed by atoms with Crippen molar-refractivity contribution in [1.29, 1.82) is 0 Å². The Hall–Kier alpha value is -1.88. The summed E-state index contributed by atoms with van der Waals surface area (Å²) in [6.07, 6.45) is 2.56. The summed E-state index contributed by atoms with van der Waals surface area (Å²) >= 11 is 8.23. The highest BCUT2D eigenvalue weighted by molar-refractivity contribution is 7.19. The van der Waals surface area contributed by atoms with E-state index in [1.54, 1.807) is 18.2 Å². The van der Waals surface area contributed by atoms with Crippen LogP contribution in [0.2, 0.25) is 5.02 Å². The van der Waals surface area contributed by atoms with Gasteiger partial charge in [0.1, 0.15) is 0 Å². The van der Waals surface area contributed by atoms with Crippen molar-refractivity contribution in [3.05, 3.63) is 69.6 Å². The van der Waals surface area contributed by atoms with Crippen LogP contribution < -0.4 is 5.11 Å². The number of carbonyl (C=O) groups excluding carboxylic acids is 1. The fourth-order valence-corrected chi connectivity index (χ4v) is 4.95. The van der Waals surface area contributed by atoms with E-state index in [2.05, 4.69) is 37.1 Å². The lowest BCUT2D eigenvalue weighted by atomic mass is 9.95. The zero-order valence-electron chi connectivity index (χ0n) is 15.6. The van der Waals surface area contributed by atoms with Gasteiger partial charge in [0.25, 0.3) is 0 Å². The molecule has 2 aromatic carbocycles. The molecule has 1 aliphatic rings. The van der Waals surface area contributed by atoms with Gasteiger partial charge in [0, 0.05) is 4.88 Å². The molecule has 0 spiro atoms. The number of nitrogens with zero attached hydrogens (tertiary/aromatic N) is 1. The molecule has 4 rings (SSSR count). The number of rotatable bonds is 2. The van der Waals surface area contributed by atoms with Gasteiger partial charge in [0.05, 0.1) is 15.7 Å². The number of thiophene rings is 1. The summed E-state index contributed by atoms with van der Waals surface area (Å²) in [4.78, 5) is 14.0. The number of aromatic carboxylic acids is 1. The molecule has 0 radical (unpaired) electrons. The first-order chi connectivity index (χ1) is 12.9. The quantitative estimate of drug-likeness (QED) is 0.625. The number of benzene rings is 2. The van der Waals surface area contributed by atoms with Gasteiger partial charge in [-0.25, -0.2) is 0 Å². The van der Waals surface area contributed by atoms with Crippen molar-refractivity contribution in [3.63, 3.8) is 0 Å². The normalized spacial score (nSPS) is 15.4. The summed E-state index contributed by atoms with van der Waals surface area (Å²) in [5.41, 5.74) is 1.47. The van der Waals surface area contributed by atoms with Crippen molar-refractivity contribution in [1.82, 2.24) is 4.90 Å². The second-order valence-corrected chi connectivity index (χ2v) is 8.54. The summed E-state index contributed by atoms with van der Waals surface area (Å²) in [6, 6.07) is 14.7. The summed E-state index contributed by atoms with van der Waals surface area (Å²) in [5, 5.41) is 12.3. The van der Waals surface area contributed by atoms with Gasteiger partial charge in [-0.15, -0.1) is 11.3 Å². The topological polar surface area (TPSA) is 43.4 Å². The number of halogens is 1. The second kappa shape index (κ2) is 8.87. The highest BCUT2D eigenvalue weighted by Gasteiger charge is 2.20. The van der Waals surface area contributed by atoms with Crippen LogP contribution in [0.1, 0.15) is 39.6 Å². The van der Waals surface area contributed by atoms with Gasteiger partial charge in [-0.1, -0.05) is 48.0 Å². The molecule has 1 aliphatic heterocycles. The standard InChI is InChI=1S/C15H18ClNS.C7H6O2/c1-10-7-12-9-14(18-15(12)13(16)8-10)11-3-5-17(2)6-4-11;8-7(9)6-4-2-1-3-5-6/h7-9,11H,3-6H2,1-2H3;1-5H,(H,8,9)/p-1. The van der Waals surface area contributed by atoms with Gasteiger partial charge in [0.2, 0.25) is 0 Å². The van der Waals surface area contributed by atoms with Gasteiger partial charge in [0.15, 0.2) is 0 Å². The molecule has 2 heterocycles. The molecule has 1 saturated heterocycles. The molecule has 142 valence electrons. The molecule has 1 fully saturated rings. The number of hydrogen-bond donors (Lipinski definition) is 0. The van der Waals surface area contributed by atoms with Gasteiger partial charge < -0.3 is 14.8 Å². The minimum atomic E-state index is -1.13. The maximum atomic E-state index is 10.1. The minimum Gasteiger partial charge on any atom is -0.545 e. The first-order valence-electron chi connectivity index (χ1n) is 9.08. The van der Waals surface area contributed by atoms with Gasteiger partial charge in [-0.2, -0.15) is 0 Å². The van der Waals surface area contributed by atoms with Crippen LogP contribution in [0.4, 0.5) is 0 Å². The lowest BCUT2D eigenvalue weighted by Gasteiger charge is -2.28. The Bertz CT molecular complexity index is 915. The predicted molar refractivity (Wildman–Crippen MR) is 112 cm³/mol. The minimum absolute atomic E-state index is 0.220. The van der Waals surface area contributed by atoms with Crippen molar-refractivity contribution in [2.24, 2.45) is 0 Å². The first-order valence-corrected chi connectivity index (χ1v) is 10.3. The molecule has 0 unspecified atom stereocenters. The predicted octanol–water partition coefficient (Wildman–Crippen LogP) is 4.72. The molecule has 0 aliphatic carbocycles. The van der Waals surface area contributed by atoms with Crippen LogP contribution in [-0.2, 0) is 0 Å². The summed E-state index contributed by atoms with van der Waals surface area (Å²) < 4.78 is 1.26. The van der Waals surface area contributed by atoms with Crippen LogP contribution in [0.5, 0.6) is 0 Å². The number of carbonyl (C=O) groups is 1. The number of carboxylic acid groups (broad SMARTS) is 1. The Labute approximate surface area is 169 Å². The number of likely N-dealkylation sites (tertiary alicyclic amines) is 1. The smallest absolute Gasteiger partial charge is 0.0715 e. The van der Waals surface area contributed by atoms with Crippen LogP contribution >= 0.6 is 22.9 Å². The zero-order valence-corrected chi connectivity index (χ0v) is 17.1. The maximum Gasteiger partial charge on any atom is 0.0715 e. The third-order valence-electron chi connectivity index (χ3n) is 4.86. The van der Waals surface area contributed by atoms with Crippen molar-refractivity contribution >= 4 is 39.0 Å². The highest BCUT2D eigenvalue weighted by atomic mass is 35.5. The van der Waals surface area contributed by atoms with Crippen LogP contribution in [0.3, 0.4) is 0 Å². The average molecular weight is 401 g/mol. The first kappa shape index (κ1) is 19.9. The Morgan fingerprint density at radius 2 is 1.81 bits per heavy atom. The second-order valence-electron chi connectivity index (χ2n) is 7.04. The molecule has 0 N–H and O–H groups in total. The molecule has 1 aromatic heterocycles. The SMILES string of the molecule is Cc1cc(Cl)c2sc(C3CCN(C)CC3)cc2c1.O=C([O-])c1ccccc1. The zero-order chi connectivity index (χ0) is 19.4. The number of aryl methyl sites for hydroxylation is 1. The van der Waals surface area contributed by atoms with Crippen molar-refractivity contribution in [2.75, 3.05) is 20.1 Å². The van der Waals surface area contributed by atoms with E-state index in [1.807, 2.05) is 11.3 Å². The number of carboxylic acids is 1. The molecule has 3 nitrogen and oxygen atoms in total. The molecular weight excluding hydrogens is 378 g/mol. The van der Waals surface area contributed by atoms with Crippen LogP contribution in [0.15, 0.2) is 48.5 Å². The lowest BCUT2D eigenvalue weighted by molar-refractivity contribution is -0.255. The highest BCUT2D eigenvalue weighted by Crippen LogP contribution is 2.39. The molecule has 5 heteroatoms. The van der Waals surface area contributed by atoms with Crippen molar-refractivity contribution in [3.8, 4) is 0 Å². The molecule has 0 saturated carbocycles. The molecule has 27 heavy (non-hydrogen) atoms. The third-order valence-corrected chi connectivity index (χ3v) is 6.62. The van der Waals surface area contributed by atoms with E-state index in [0.29, 0.717) is 0 Å². The van der Waals surface area contributed by atoms with Gasteiger partial charge >= 0.3 is 0 Å². The Morgan fingerprint density at radius 1 is 1.15 bits per heavy atom. The summed E-state index contributed by atoms with van der Waals surface area (Å²) in [5.74, 6) is -0.398. The Balaban J connectivity index is 0.000000197. The van der Waals surface area contributed by atoms with E-state index in [0.717, 1.165) is 10.9 Å². The average Bonchev–Trinajstić information content (AvgIpc) is 3.08. The summed E-state index contributed by atoms with van der Waals surface area (Å²) in [7, 11) is 2.21. The van der Waals surface area contributed by atoms with Gasteiger partial charge in [-0.05, 0) is 74.5 Å². The molecule has 0 bridgehead atoms. The van der Waals surface area contributed by atoms with E-state index >= 15 is 0 Å². The fourth-order valence-electron chi connectivity index (χ4n) is 3.34. The molecule has 3 aromatic rings.